The van der Waals surface area contributed by atoms with Crippen LogP contribution >= 0.6 is 0 Å². The lowest BCUT2D eigenvalue weighted by molar-refractivity contribution is -0.138. The average Bonchev–Trinajstić information content (AvgIpc) is 3.08. The van der Waals surface area contributed by atoms with Gasteiger partial charge in [0.1, 0.15) is 6.61 Å². The zero-order chi connectivity index (χ0) is 23.3. The highest BCUT2D eigenvalue weighted by Crippen LogP contribution is 2.44. The van der Waals surface area contributed by atoms with Crippen LogP contribution in [0.3, 0.4) is 0 Å². The molecule has 0 aromatic heterocycles. The molecule has 32 heavy (non-hydrogen) atoms. The van der Waals surface area contributed by atoms with Crippen LogP contribution in [0.4, 0.5) is 4.79 Å². The lowest BCUT2D eigenvalue weighted by atomic mass is 9.98. The summed E-state index contributed by atoms with van der Waals surface area (Å²) in [6.45, 7) is 4.05. The van der Waals surface area contributed by atoms with E-state index in [1.54, 1.807) is 7.05 Å². The molecule has 0 saturated heterocycles. The summed E-state index contributed by atoms with van der Waals surface area (Å²) < 4.78 is 5.58. The third-order valence-corrected chi connectivity index (χ3v) is 5.83. The normalized spacial score (nSPS) is 12.6. The third kappa shape index (κ3) is 5.66. The van der Waals surface area contributed by atoms with Crippen molar-refractivity contribution in [2.75, 3.05) is 20.2 Å². The van der Waals surface area contributed by atoms with Gasteiger partial charge in [-0.2, -0.15) is 0 Å². The van der Waals surface area contributed by atoms with Gasteiger partial charge >= 0.3 is 12.1 Å². The van der Waals surface area contributed by atoms with E-state index in [1.165, 1.54) is 16.0 Å². The largest absolute Gasteiger partial charge is 0.481 e. The molecule has 7 heteroatoms. The topological polar surface area (TPSA) is 95.9 Å². The molecule has 0 fully saturated rings. The van der Waals surface area contributed by atoms with Crippen molar-refractivity contribution in [1.82, 2.24) is 10.2 Å². The number of nitrogens with zero attached hydrogens (tertiary/aromatic N) is 1. The fourth-order valence-electron chi connectivity index (χ4n) is 3.97. The van der Waals surface area contributed by atoms with Gasteiger partial charge in [0.2, 0.25) is 5.91 Å². The first-order valence-electron chi connectivity index (χ1n) is 10.8. The van der Waals surface area contributed by atoms with Crippen LogP contribution in [0.15, 0.2) is 48.5 Å². The Bertz CT molecular complexity index is 956. The summed E-state index contributed by atoms with van der Waals surface area (Å²) in [5, 5.41) is 11.6. The van der Waals surface area contributed by atoms with Crippen LogP contribution in [-0.4, -0.2) is 53.7 Å². The molecule has 0 spiro atoms. The standard InChI is InChI=1S/C25H30N2O5/c1-25(2,14-12-22(28)27(3)15-13-23(29)30)26-24(31)32-16-21-19-10-6-4-8-17(19)18-9-5-7-11-20(18)21/h4-11,21H,12-16H2,1-3H3,(H,26,31)(H,29,30). The summed E-state index contributed by atoms with van der Waals surface area (Å²) in [5.74, 6) is -1.11. The van der Waals surface area contributed by atoms with E-state index in [0.717, 1.165) is 11.1 Å². The van der Waals surface area contributed by atoms with E-state index in [1.807, 2.05) is 38.1 Å². The molecule has 0 atom stereocenters. The second-order valence-electron chi connectivity index (χ2n) is 8.79. The summed E-state index contributed by atoms with van der Waals surface area (Å²) in [6.07, 6.45) is -0.00679. The van der Waals surface area contributed by atoms with Gasteiger partial charge in [-0.3, -0.25) is 9.59 Å². The number of carboxylic acid groups (broad SMARTS) is 1. The van der Waals surface area contributed by atoms with Crippen molar-refractivity contribution in [2.45, 2.75) is 44.6 Å². The van der Waals surface area contributed by atoms with Gasteiger partial charge in [0.25, 0.3) is 0 Å². The first-order chi connectivity index (χ1) is 15.2. The maximum atomic E-state index is 12.5. The van der Waals surface area contributed by atoms with Crippen LogP contribution < -0.4 is 5.32 Å². The van der Waals surface area contributed by atoms with Crippen LogP contribution in [0.2, 0.25) is 0 Å². The molecule has 0 radical (unpaired) electrons. The van der Waals surface area contributed by atoms with E-state index >= 15 is 0 Å². The second-order valence-corrected chi connectivity index (χ2v) is 8.79. The Hall–Kier alpha value is -3.35. The van der Waals surface area contributed by atoms with Crippen molar-refractivity contribution in [3.63, 3.8) is 0 Å². The molecule has 0 saturated carbocycles. The Morgan fingerprint density at radius 1 is 1.00 bits per heavy atom. The number of carboxylic acids is 1. The van der Waals surface area contributed by atoms with E-state index in [4.69, 9.17) is 9.84 Å². The number of fused-ring (bicyclic) bond motifs is 3. The van der Waals surface area contributed by atoms with Crippen LogP contribution in [0.5, 0.6) is 0 Å². The first-order valence-corrected chi connectivity index (χ1v) is 10.8. The monoisotopic (exact) mass is 438 g/mol. The van der Waals surface area contributed by atoms with Gasteiger partial charge in [0, 0.05) is 31.5 Å². The molecule has 3 rings (SSSR count). The quantitative estimate of drug-likeness (QED) is 0.617. The molecule has 1 aliphatic rings. The molecule has 1 aliphatic carbocycles. The number of hydrogen-bond donors (Lipinski definition) is 2. The minimum Gasteiger partial charge on any atom is -0.481 e. The fourth-order valence-corrected chi connectivity index (χ4v) is 3.97. The number of nitrogens with one attached hydrogen (secondary N) is 1. The Morgan fingerprint density at radius 2 is 1.56 bits per heavy atom. The number of amides is 2. The number of alkyl carbamates (subject to hydrolysis) is 1. The molecule has 2 aromatic rings. The molecular formula is C25H30N2O5. The Morgan fingerprint density at radius 3 is 2.12 bits per heavy atom. The van der Waals surface area contributed by atoms with Crippen LogP contribution in [-0.2, 0) is 14.3 Å². The van der Waals surface area contributed by atoms with Crippen molar-refractivity contribution in [3.8, 4) is 11.1 Å². The number of carbonyl (C=O) groups is 3. The molecule has 0 bridgehead atoms. The summed E-state index contributed by atoms with van der Waals surface area (Å²) >= 11 is 0. The molecule has 0 aliphatic heterocycles. The SMILES string of the molecule is CN(CCC(=O)O)C(=O)CCC(C)(C)NC(=O)OCC1c2ccccc2-c2ccccc21. The van der Waals surface area contributed by atoms with Gasteiger partial charge in [-0.1, -0.05) is 48.5 Å². The molecule has 7 nitrogen and oxygen atoms in total. The lowest BCUT2D eigenvalue weighted by Gasteiger charge is -2.27. The van der Waals surface area contributed by atoms with Gasteiger partial charge in [0.15, 0.2) is 0 Å². The maximum absolute atomic E-state index is 12.5. The Kier molecular flexibility index (Phi) is 7.18. The van der Waals surface area contributed by atoms with Crippen LogP contribution in [0.1, 0.15) is 50.2 Å². The van der Waals surface area contributed by atoms with E-state index < -0.39 is 17.6 Å². The summed E-state index contributed by atoms with van der Waals surface area (Å²) in [4.78, 5) is 36.8. The van der Waals surface area contributed by atoms with Gasteiger partial charge in [-0.05, 0) is 42.5 Å². The number of ether oxygens (including phenoxy) is 1. The van der Waals surface area contributed by atoms with Crippen LogP contribution in [0, 0.1) is 0 Å². The van der Waals surface area contributed by atoms with Crippen molar-refractivity contribution in [1.29, 1.82) is 0 Å². The second kappa shape index (κ2) is 9.85. The minimum atomic E-state index is -0.943. The molecule has 0 unspecified atom stereocenters. The Balaban J connectivity index is 1.52. The zero-order valence-corrected chi connectivity index (χ0v) is 18.8. The highest BCUT2D eigenvalue weighted by molar-refractivity contribution is 5.79. The summed E-state index contributed by atoms with van der Waals surface area (Å²) in [5.41, 5.74) is 3.99. The van der Waals surface area contributed by atoms with E-state index in [0.29, 0.717) is 6.42 Å². The van der Waals surface area contributed by atoms with Crippen LogP contribution in [0.25, 0.3) is 11.1 Å². The van der Waals surface area contributed by atoms with Crippen molar-refractivity contribution in [2.24, 2.45) is 0 Å². The molecule has 2 amide bonds. The number of aliphatic carboxylic acids is 1. The maximum Gasteiger partial charge on any atom is 0.407 e. The molecule has 2 aromatic carbocycles. The number of rotatable bonds is 9. The predicted molar refractivity (Wildman–Crippen MR) is 121 cm³/mol. The van der Waals surface area contributed by atoms with E-state index in [2.05, 4.69) is 29.6 Å². The number of benzene rings is 2. The van der Waals surface area contributed by atoms with Crippen molar-refractivity contribution in [3.05, 3.63) is 59.7 Å². The van der Waals surface area contributed by atoms with Crippen molar-refractivity contribution < 1.29 is 24.2 Å². The minimum absolute atomic E-state index is 0.0132. The lowest BCUT2D eigenvalue weighted by Crippen LogP contribution is -2.45. The third-order valence-electron chi connectivity index (χ3n) is 5.83. The highest BCUT2D eigenvalue weighted by atomic mass is 16.5. The Labute approximate surface area is 188 Å². The summed E-state index contributed by atoms with van der Waals surface area (Å²) in [7, 11) is 1.58. The molecule has 0 heterocycles. The van der Waals surface area contributed by atoms with E-state index in [9.17, 15) is 14.4 Å². The highest BCUT2D eigenvalue weighted by Gasteiger charge is 2.30. The molecule has 2 N–H and O–H groups in total. The zero-order valence-electron chi connectivity index (χ0n) is 18.8. The number of carbonyl (C=O) groups excluding carboxylic acids is 2. The fraction of sp³-hybridized carbons (Fsp3) is 0.400. The average molecular weight is 439 g/mol. The summed E-state index contributed by atoms with van der Waals surface area (Å²) in [6, 6.07) is 16.3. The van der Waals surface area contributed by atoms with Gasteiger partial charge < -0.3 is 20.1 Å². The predicted octanol–water partition coefficient (Wildman–Crippen LogP) is 4.02. The van der Waals surface area contributed by atoms with Crippen molar-refractivity contribution >= 4 is 18.0 Å². The first kappa shape index (κ1) is 23.3. The molecular weight excluding hydrogens is 408 g/mol. The van der Waals surface area contributed by atoms with Gasteiger partial charge in [-0.15, -0.1) is 0 Å². The smallest absolute Gasteiger partial charge is 0.407 e. The number of hydrogen-bond acceptors (Lipinski definition) is 4. The van der Waals surface area contributed by atoms with Gasteiger partial charge in [-0.25, -0.2) is 4.79 Å². The van der Waals surface area contributed by atoms with Gasteiger partial charge in [0.05, 0.1) is 6.42 Å². The molecule has 170 valence electrons. The van der Waals surface area contributed by atoms with E-state index in [-0.39, 0.29) is 37.8 Å².